The first kappa shape index (κ1) is 19.5. The van der Waals surface area contributed by atoms with Gasteiger partial charge in [-0.2, -0.15) is 4.31 Å². The van der Waals surface area contributed by atoms with Crippen LogP contribution in [-0.2, 0) is 26.5 Å². The fourth-order valence-corrected chi connectivity index (χ4v) is 6.76. The van der Waals surface area contributed by atoms with Gasteiger partial charge in [0.2, 0.25) is 20.0 Å². The lowest BCUT2D eigenvalue weighted by Crippen LogP contribution is -2.34. The van der Waals surface area contributed by atoms with Crippen LogP contribution in [0, 0.1) is 0 Å². The molecule has 9 heteroatoms. The van der Waals surface area contributed by atoms with Crippen molar-refractivity contribution in [3.63, 3.8) is 0 Å². The molecule has 0 radical (unpaired) electrons. The number of benzene rings is 2. The van der Waals surface area contributed by atoms with Crippen molar-refractivity contribution in [1.29, 1.82) is 0 Å². The molecule has 1 aliphatic carbocycles. The average molecular weight is 423 g/mol. The lowest BCUT2D eigenvalue weighted by molar-refractivity contribution is 0.151. The van der Waals surface area contributed by atoms with Gasteiger partial charge in [0.15, 0.2) is 0 Å². The first-order chi connectivity index (χ1) is 13.3. The number of rotatable bonds is 5. The van der Waals surface area contributed by atoms with Crippen LogP contribution in [0.5, 0.6) is 0 Å². The number of aliphatic hydroxyl groups excluding tert-OH is 1. The minimum atomic E-state index is -4.02. The lowest BCUT2D eigenvalue weighted by Gasteiger charge is -2.19. The second-order valence-corrected chi connectivity index (χ2v) is 10.8. The second-order valence-electron chi connectivity index (χ2n) is 7.16. The highest BCUT2D eigenvalue weighted by molar-refractivity contribution is 7.90. The van der Waals surface area contributed by atoms with Gasteiger partial charge in [-0.1, -0.05) is 30.3 Å². The van der Waals surface area contributed by atoms with Crippen LogP contribution in [0.1, 0.15) is 30.0 Å². The molecule has 150 valence electrons. The van der Waals surface area contributed by atoms with Crippen molar-refractivity contribution in [3.05, 3.63) is 59.7 Å². The van der Waals surface area contributed by atoms with Crippen LogP contribution in [0.25, 0.3) is 0 Å². The molecule has 0 saturated carbocycles. The number of hydrogen-bond acceptors (Lipinski definition) is 5. The second kappa shape index (κ2) is 7.23. The lowest BCUT2D eigenvalue weighted by atomic mass is 10.1. The molecule has 2 N–H and O–H groups in total. The third-order valence-corrected chi connectivity index (χ3v) is 8.64. The topological polar surface area (TPSA) is 104 Å². The van der Waals surface area contributed by atoms with Crippen LogP contribution in [-0.4, -0.2) is 45.4 Å². The minimum absolute atomic E-state index is 0.0374. The number of nitrogens with zero attached hydrogens (tertiary/aromatic N) is 1. The van der Waals surface area contributed by atoms with Gasteiger partial charge < -0.3 is 5.11 Å². The highest BCUT2D eigenvalue weighted by Crippen LogP contribution is 2.33. The van der Waals surface area contributed by atoms with Crippen LogP contribution < -0.4 is 4.72 Å². The Balaban J connectivity index is 1.64. The molecule has 0 spiro atoms. The summed E-state index contributed by atoms with van der Waals surface area (Å²) in [6.45, 7) is 0.894. The summed E-state index contributed by atoms with van der Waals surface area (Å²) >= 11 is 0. The van der Waals surface area contributed by atoms with E-state index >= 15 is 0 Å². The molecule has 0 bridgehead atoms. The number of nitrogens with one attached hydrogen (secondary N) is 1. The Bertz CT molecular complexity index is 1090. The number of hydrogen-bond donors (Lipinski definition) is 2. The standard InChI is InChI=1S/C19H22N2O5S2/c22-18-12-14-6-1-2-9-17(14)19(18)20-27(23,24)15-7-5-8-16(13-15)28(25,26)21-10-3-4-11-21/h1-2,5-9,13,18-20,22H,3-4,10-12H2. The van der Waals surface area contributed by atoms with E-state index in [1.54, 1.807) is 12.1 Å². The molecule has 1 saturated heterocycles. The zero-order valence-corrected chi connectivity index (χ0v) is 16.8. The summed E-state index contributed by atoms with van der Waals surface area (Å²) in [6, 6.07) is 11.9. The molecule has 7 nitrogen and oxygen atoms in total. The van der Waals surface area contributed by atoms with Crippen molar-refractivity contribution in [2.75, 3.05) is 13.1 Å². The Labute approximate surface area is 165 Å². The van der Waals surface area contributed by atoms with E-state index in [0.717, 1.165) is 24.0 Å². The monoisotopic (exact) mass is 422 g/mol. The van der Waals surface area contributed by atoms with Gasteiger partial charge in [0.1, 0.15) is 0 Å². The maximum Gasteiger partial charge on any atom is 0.243 e. The molecule has 28 heavy (non-hydrogen) atoms. The molecule has 0 aromatic heterocycles. The van der Waals surface area contributed by atoms with Crippen molar-refractivity contribution in [1.82, 2.24) is 9.03 Å². The molecule has 2 aromatic carbocycles. The number of fused-ring (bicyclic) bond motifs is 1. The van der Waals surface area contributed by atoms with Gasteiger partial charge in [-0.3, -0.25) is 0 Å². The zero-order chi connectivity index (χ0) is 19.9. The molecule has 2 unspecified atom stereocenters. The fraction of sp³-hybridized carbons (Fsp3) is 0.368. The Morgan fingerprint density at radius 1 is 0.929 bits per heavy atom. The smallest absolute Gasteiger partial charge is 0.243 e. The van der Waals surface area contributed by atoms with Crippen LogP contribution >= 0.6 is 0 Å². The number of sulfonamides is 2. The third-order valence-electron chi connectivity index (χ3n) is 5.30. The molecular formula is C19H22N2O5S2. The van der Waals surface area contributed by atoms with Crippen LogP contribution in [0.4, 0.5) is 0 Å². The molecular weight excluding hydrogens is 400 g/mol. The molecule has 1 fully saturated rings. The summed E-state index contributed by atoms with van der Waals surface area (Å²) < 4.78 is 55.2. The maximum atomic E-state index is 12.9. The average Bonchev–Trinajstić information content (AvgIpc) is 3.31. The van der Waals surface area contributed by atoms with Gasteiger partial charge in [-0.15, -0.1) is 0 Å². The van der Waals surface area contributed by atoms with E-state index in [1.807, 2.05) is 12.1 Å². The van der Waals surface area contributed by atoms with Gasteiger partial charge in [0, 0.05) is 19.5 Å². The molecule has 2 atom stereocenters. The van der Waals surface area contributed by atoms with E-state index in [9.17, 15) is 21.9 Å². The summed E-state index contributed by atoms with van der Waals surface area (Å²) in [5, 5.41) is 10.3. The van der Waals surface area contributed by atoms with Crippen molar-refractivity contribution in [3.8, 4) is 0 Å². The van der Waals surface area contributed by atoms with E-state index in [0.29, 0.717) is 19.5 Å². The summed E-state index contributed by atoms with van der Waals surface area (Å²) in [6.07, 6.45) is 1.10. The van der Waals surface area contributed by atoms with Gasteiger partial charge in [-0.25, -0.2) is 21.6 Å². The van der Waals surface area contributed by atoms with Crippen molar-refractivity contribution in [2.45, 2.75) is 41.2 Å². The molecule has 2 aromatic rings. The zero-order valence-electron chi connectivity index (χ0n) is 15.2. The van der Waals surface area contributed by atoms with Gasteiger partial charge in [0.05, 0.1) is 21.9 Å². The van der Waals surface area contributed by atoms with E-state index in [2.05, 4.69) is 4.72 Å². The first-order valence-electron chi connectivity index (χ1n) is 9.17. The summed E-state index contributed by atoms with van der Waals surface area (Å²) in [4.78, 5) is -0.172. The van der Waals surface area contributed by atoms with Gasteiger partial charge >= 0.3 is 0 Å². The Kier molecular flexibility index (Phi) is 5.05. The Morgan fingerprint density at radius 2 is 1.61 bits per heavy atom. The Morgan fingerprint density at radius 3 is 2.36 bits per heavy atom. The van der Waals surface area contributed by atoms with Gasteiger partial charge in [-0.05, 0) is 42.2 Å². The van der Waals surface area contributed by atoms with Crippen molar-refractivity contribution >= 4 is 20.0 Å². The predicted molar refractivity (Wildman–Crippen MR) is 104 cm³/mol. The molecule has 1 heterocycles. The van der Waals surface area contributed by atoms with E-state index in [1.165, 1.54) is 28.6 Å². The molecule has 2 aliphatic rings. The van der Waals surface area contributed by atoms with Crippen molar-refractivity contribution < 1.29 is 21.9 Å². The SMILES string of the molecule is O=S(=O)(NC1c2ccccc2CC1O)c1cccc(S(=O)(=O)N2CCCC2)c1. The summed E-state index contributed by atoms with van der Waals surface area (Å²) in [5.74, 6) is 0. The highest BCUT2D eigenvalue weighted by Gasteiger charge is 2.35. The first-order valence-corrected chi connectivity index (χ1v) is 12.1. The third kappa shape index (κ3) is 3.48. The minimum Gasteiger partial charge on any atom is -0.391 e. The largest absolute Gasteiger partial charge is 0.391 e. The van der Waals surface area contributed by atoms with Crippen molar-refractivity contribution in [2.24, 2.45) is 0 Å². The predicted octanol–water partition coefficient (Wildman–Crippen LogP) is 1.41. The van der Waals surface area contributed by atoms with E-state index < -0.39 is 32.2 Å². The van der Waals surface area contributed by atoms with Crippen LogP contribution in [0.15, 0.2) is 58.3 Å². The Hall–Kier alpha value is -1.78. The molecule has 0 amide bonds. The highest BCUT2D eigenvalue weighted by atomic mass is 32.2. The fourth-order valence-electron chi connectivity index (χ4n) is 3.83. The van der Waals surface area contributed by atoms with E-state index in [4.69, 9.17) is 0 Å². The maximum absolute atomic E-state index is 12.9. The molecule has 4 rings (SSSR count). The quantitative estimate of drug-likeness (QED) is 0.758. The van der Waals surface area contributed by atoms with Gasteiger partial charge in [0.25, 0.3) is 0 Å². The normalized spacial score (nSPS) is 23.0. The van der Waals surface area contributed by atoms with Crippen LogP contribution in [0.2, 0.25) is 0 Å². The molecule has 1 aliphatic heterocycles. The number of aliphatic hydroxyl groups is 1. The van der Waals surface area contributed by atoms with E-state index in [-0.39, 0.29) is 9.79 Å². The van der Waals surface area contributed by atoms with Crippen LogP contribution in [0.3, 0.4) is 0 Å². The summed E-state index contributed by atoms with van der Waals surface area (Å²) in [5.41, 5.74) is 1.63. The summed E-state index contributed by atoms with van der Waals surface area (Å²) in [7, 11) is -7.74.